The van der Waals surface area contributed by atoms with Gasteiger partial charge in [-0.25, -0.2) is 0 Å². The number of benzene rings is 2. The van der Waals surface area contributed by atoms with Gasteiger partial charge >= 0.3 is 0 Å². The zero-order valence-electron chi connectivity index (χ0n) is 13.9. The molecule has 0 spiro atoms. The summed E-state index contributed by atoms with van der Waals surface area (Å²) in [6.45, 7) is 1.47. The molecule has 130 valence electrons. The van der Waals surface area contributed by atoms with Gasteiger partial charge in [0.1, 0.15) is 0 Å². The Bertz CT molecular complexity index is 687. The molecule has 0 aromatic heterocycles. The van der Waals surface area contributed by atoms with E-state index in [-0.39, 0.29) is 23.0 Å². The van der Waals surface area contributed by atoms with Gasteiger partial charge in [-0.15, -0.1) is 0 Å². The topological polar surface area (TPSA) is 91.2 Å². The van der Waals surface area contributed by atoms with Crippen LogP contribution < -0.4 is 14.8 Å². The molecule has 0 aliphatic carbocycles. The van der Waals surface area contributed by atoms with E-state index in [1.54, 1.807) is 18.2 Å². The van der Waals surface area contributed by atoms with Gasteiger partial charge in [0.25, 0.3) is 0 Å². The molecule has 0 bridgehead atoms. The van der Waals surface area contributed by atoms with E-state index in [0.29, 0.717) is 12.2 Å². The second-order valence-corrected chi connectivity index (χ2v) is 5.42. The molecule has 0 heterocycles. The number of ether oxygens (including phenoxy) is 2. The highest BCUT2D eigenvalue weighted by molar-refractivity contribution is 5.52. The van der Waals surface area contributed by atoms with Crippen molar-refractivity contribution in [3.63, 3.8) is 0 Å². The molecule has 6 nitrogen and oxygen atoms in total. The number of phenolic OH excluding ortho intramolecular Hbond substituents is 3. The molecule has 0 amide bonds. The molecule has 6 heteroatoms. The minimum atomic E-state index is -0.242. The van der Waals surface area contributed by atoms with Crippen LogP contribution in [0.2, 0.25) is 0 Å². The summed E-state index contributed by atoms with van der Waals surface area (Å²) >= 11 is 0. The van der Waals surface area contributed by atoms with Crippen molar-refractivity contribution in [2.75, 3.05) is 27.3 Å². The smallest absolute Gasteiger partial charge is 0.200 e. The number of methoxy groups -OCH3 is 2. The van der Waals surface area contributed by atoms with Crippen molar-refractivity contribution in [3.8, 4) is 28.7 Å². The van der Waals surface area contributed by atoms with E-state index in [4.69, 9.17) is 9.47 Å². The first-order chi connectivity index (χ1) is 11.5. The number of nitrogens with one attached hydrogen (secondary N) is 1. The van der Waals surface area contributed by atoms with Crippen LogP contribution >= 0.6 is 0 Å². The van der Waals surface area contributed by atoms with E-state index >= 15 is 0 Å². The van der Waals surface area contributed by atoms with E-state index in [9.17, 15) is 15.3 Å². The highest BCUT2D eigenvalue weighted by atomic mass is 16.5. The average Bonchev–Trinajstić information content (AvgIpc) is 2.57. The van der Waals surface area contributed by atoms with Gasteiger partial charge in [0.2, 0.25) is 5.75 Å². The number of hydrogen-bond donors (Lipinski definition) is 4. The first kappa shape index (κ1) is 17.7. The van der Waals surface area contributed by atoms with Gasteiger partial charge in [-0.1, -0.05) is 6.07 Å². The minimum absolute atomic E-state index is 0.140. The SMILES string of the molecule is COc1ccc(CCNCCc2cc(O)c(O)c(OC)c2)cc1O. The Morgan fingerprint density at radius 3 is 2.04 bits per heavy atom. The zero-order valence-corrected chi connectivity index (χ0v) is 13.9. The minimum Gasteiger partial charge on any atom is -0.504 e. The molecule has 0 saturated carbocycles. The van der Waals surface area contributed by atoms with Crippen LogP contribution in [0.15, 0.2) is 30.3 Å². The third-order valence-corrected chi connectivity index (χ3v) is 3.76. The summed E-state index contributed by atoms with van der Waals surface area (Å²) in [6.07, 6.45) is 1.47. The first-order valence-electron chi connectivity index (χ1n) is 7.70. The zero-order chi connectivity index (χ0) is 17.5. The molecule has 2 aromatic rings. The molecular formula is C18H23NO5. The van der Waals surface area contributed by atoms with Crippen molar-refractivity contribution in [2.45, 2.75) is 12.8 Å². The van der Waals surface area contributed by atoms with Crippen LogP contribution in [-0.4, -0.2) is 42.6 Å². The molecule has 2 rings (SSSR count). The summed E-state index contributed by atoms with van der Waals surface area (Å²) in [5.41, 5.74) is 1.89. The summed E-state index contributed by atoms with van der Waals surface area (Å²) < 4.78 is 10.0. The lowest BCUT2D eigenvalue weighted by atomic mass is 10.1. The predicted molar refractivity (Wildman–Crippen MR) is 91.3 cm³/mol. The number of rotatable bonds is 8. The van der Waals surface area contributed by atoms with Gasteiger partial charge in [0, 0.05) is 0 Å². The summed E-state index contributed by atoms with van der Waals surface area (Å²) in [6, 6.07) is 8.60. The highest BCUT2D eigenvalue weighted by Crippen LogP contribution is 2.36. The third kappa shape index (κ3) is 4.45. The fraction of sp³-hybridized carbons (Fsp3) is 0.333. The summed E-state index contributed by atoms with van der Waals surface area (Å²) in [4.78, 5) is 0. The van der Waals surface area contributed by atoms with Gasteiger partial charge in [0.15, 0.2) is 23.0 Å². The van der Waals surface area contributed by atoms with E-state index < -0.39 is 0 Å². The van der Waals surface area contributed by atoms with Crippen LogP contribution in [0.4, 0.5) is 0 Å². The Labute approximate surface area is 141 Å². The van der Waals surface area contributed by atoms with Gasteiger partial charge in [-0.3, -0.25) is 0 Å². The monoisotopic (exact) mass is 333 g/mol. The van der Waals surface area contributed by atoms with E-state index in [2.05, 4.69) is 5.32 Å². The van der Waals surface area contributed by atoms with Crippen molar-refractivity contribution >= 4 is 0 Å². The maximum absolute atomic E-state index is 9.74. The second kappa shape index (κ2) is 8.31. The molecule has 0 radical (unpaired) electrons. The Balaban J connectivity index is 1.79. The van der Waals surface area contributed by atoms with Gasteiger partial charge in [-0.2, -0.15) is 0 Å². The normalized spacial score (nSPS) is 10.6. The van der Waals surface area contributed by atoms with Crippen LogP contribution in [-0.2, 0) is 12.8 Å². The molecule has 0 atom stereocenters. The van der Waals surface area contributed by atoms with E-state index in [0.717, 1.165) is 30.6 Å². The lowest BCUT2D eigenvalue weighted by molar-refractivity contribution is 0.350. The Kier molecular flexibility index (Phi) is 6.14. The summed E-state index contributed by atoms with van der Waals surface area (Å²) in [7, 11) is 2.97. The Morgan fingerprint density at radius 2 is 1.42 bits per heavy atom. The molecule has 0 fully saturated rings. The molecule has 0 aliphatic rings. The molecule has 24 heavy (non-hydrogen) atoms. The third-order valence-electron chi connectivity index (χ3n) is 3.76. The maximum Gasteiger partial charge on any atom is 0.200 e. The highest BCUT2D eigenvalue weighted by Gasteiger charge is 2.09. The van der Waals surface area contributed by atoms with Crippen LogP contribution in [0, 0.1) is 0 Å². The quantitative estimate of drug-likeness (QED) is 0.437. The second-order valence-electron chi connectivity index (χ2n) is 5.42. The predicted octanol–water partition coefficient (Wildman–Crippen LogP) is 2.20. The number of phenols is 3. The van der Waals surface area contributed by atoms with Crippen LogP contribution in [0.5, 0.6) is 28.7 Å². The number of hydrogen-bond acceptors (Lipinski definition) is 6. The first-order valence-corrected chi connectivity index (χ1v) is 7.70. The van der Waals surface area contributed by atoms with Gasteiger partial charge in [0.05, 0.1) is 14.2 Å². The van der Waals surface area contributed by atoms with E-state index in [1.165, 1.54) is 20.3 Å². The Morgan fingerprint density at radius 1 is 0.792 bits per heavy atom. The lowest BCUT2D eigenvalue weighted by Gasteiger charge is -2.10. The summed E-state index contributed by atoms with van der Waals surface area (Å²) in [5.74, 6) is 0.444. The molecule has 0 aliphatic heterocycles. The molecule has 4 N–H and O–H groups in total. The van der Waals surface area contributed by atoms with Gasteiger partial charge < -0.3 is 30.1 Å². The van der Waals surface area contributed by atoms with Gasteiger partial charge in [-0.05, 0) is 61.3 Å². The van der Waals surface area contributed by atoms with Crippen LogP contribution in [0.1, 0.15) is 11.1 Å². The molecular weight excluding hydrogens is 310 g/mol. The molecule has 0 unspecified atom stereocenters. The van der Waals surface area contributed by atoms with E-state index in [1.807, 2.05) is 6.07 Å². The summed E-state index contributed by atoms with van der Waals surface area (Å²) in [5, 5.41) is 32.3. The fourth-order valence-electron chi connectivity index (χ4n) is 2.43. The van der Waals surface area contributed by atoms with Crippen LogP contribution in [0.25, 0.3) is 0 Å². The standard InChI is InChI=1S/C18H23NO5/c1-23-16-4-3-12(9-14(16)20)5-7-19-8-6-13-10-15(21)18(22)17(11-13)24-2/h3-4,9-11,19-22H,5-8H2,1-2H3. The van der Waals surface area contributed by atoms with Crippen molar-refractivity contribution < 1.29 is 24.8 Å². The van der Waals surface area contributed by atoms with Crippen LogP contribution in [0.3, 0.4) is 0 Å². The number of aromatic hydroxyl groups is 3. The molecule has 0 saturated heterocycles. The van der Waals surface area contributed by atoms with Crippen molar-refractivity contribution in [1.29, 1.82) is 0 Å². The van der Waals surface area contributed by atoms with Crippen molar-refractivity contribution in [1.82, 2.24) is 5.32 Å². The van der Waals surface area contributed by atoms with Crippen molar-refractivity contribution in [2.24, 2.45) is 0 Å². The average molecular weight is 333 g/mol. The Hall–Kier alpha value is -2.60. The van der Waals surface area contributed by atoms with Crippen molar-refractivity contribution in [3.05, 3.63) is 41.5 Å². The fourth-order valence-corrected chi connectivity index (χ4v) is 2.43. The molecule has 2 aromatic carbocycles. The lowest BCUT2D eigenvalue weighted by Crippen LogP contribution is -2.20. The largest absolute Gasteiger partial charge is 0.504 e. The maximum atomic E-state index is 9.74.